The first-order valence-corrected chi connectivity index (χ1v) is 16.5. The summed E-state index contributed by atoms with van der Waals surface area (Å²) in [6, 6.07) is 11.1. The van der Waals surface area contributed by atoms with Crippen LogP contribution in [-0.2, 0) is 0 Å². The van der Waals surface area contributed by atoms with Gasteiger partial charge in [-0.25, -0.2) is 15.0 Å². The lowest BCUT2D eigenvalue weighted by atomic mass is 10.3. The first-order chi connectivity index (χ1) is 23.4. The van der Waals surface area contributed by atoms with Gasteiger partial charge in [-0.1, -0.05) is 34.0 Å². The van der Waals surface area contributed by atoms with Crippen molar-refractivity contribution in [3.8, 4) is 34.5 Å². The van der Waals surface area contributed by atoms with Crippen molar-refractivity contribution in [2.75, 3.05) is 58.6 Å². The van der Waals surface area contributed by atoms with E-state index in [1.807, 2.05) is 36.4 Å². The number of benzene rings is 3. The molecule has 0 bridgehead atoms. The Bertz CT molecular complexity index is 1900. The van der Waals surface area contributed by atoms with Crippen molar-refractivity contribution in [2.24, 2.45) is 0 Å². The molecule has 4 heterocycles. The molecule has 0 aliphatic rings. The third kappa shape index (κ3) is 6.03. The number of rotatable bonds is 12. The molecular weight excluding hydrogens is 679 g/mol. The maximum atomic E-state index is 5.46. The average molecular weight is 706 g/mol. The summed E-state index contributed by atoms with van der Waals surface area (Å²) in [7, 11) is 9.53. The minimum Gasteiger partial charge on any atom is -0.493 e. The highest BCUT2D eigenvalue weighted by Gasteiger charge is 2.17. The van der Waals surface area contributed by atoms with E-state index in [2.05, 4.69) is 30.9 Å². The van der Waals surface area contributed by atoms with E-state index in [-0.39, 0.29) is 17.8 Å². The Labute approximate surface area is 284 Å². The predicted octanol–water partition coefficient (Wildman–Crippen LogP) is 6.98. The van der Waals surface area contributed by atoms with Crippen LogP contribution in [-0.4, -0.2) is 72.6 Å². The Balaban J connectivity index is 1.25. The molecule has 0 aliphatic heterocycles. The van der Waals surface area contributed by atoms with Crippen LogP contribution in [0.1, 0.15) is 0 Å². The van der Waals surface area contributed by atoms with Gasteiger partial charge in [-0.05, 0) is 0 Å². The Morgan fingerprint density at radius 1 is 0.375 bits per heavy atom. The van der Waals surface area contributed by atoms with Gasteiger partial charge in [0.15, 0.2) is 49.9 Å². The second-order valence-electron chi connectivity index (χ2n) is 9.76. The highest BCUT2D eigenvalue weighted by Crippen LogP contribution is 2.40. The molecule has 0 saturated heterocycles. The molecule has 3 N–H and O–H groups in total. The third-order valence-corrected chi connectivity index (χ3v) is 9.77. The zero-order valence-electron chi connectivity index (χ0n) is 26.3. The van der Waals surface area contributed by atoms with Crippen LogP contribution >= 0.6 is 34.0 Å². The zero-order chi connectivity index (χ0) is 33.4. The molecule has 0 fully saturated rings. The fraction of sp³-hybridized carbons (Fsp3) is 0.200. The first-order valence-electron chi connectivity index (χ1n) is 14.0. The third-order valence-electron chi connectivity index (χ3n) is 6.97. The van der Waals surface area contributed by atoms with Gasteiger partial charge in [-0.2, -0.15) is 15.0 Å². The zero-order valence-corrected chi connectivity index (χ0v) is 28.8. The van der Waals surface area contributed by atoms with Crippen LogP contribution in [0.3, 0.4) is 0 Å². The van der Waals surface area contributed by atoms with Crippen molar-refractivity contribution in [1.82, 2.24) is 29.9 Å². The van der Waals surface area contributed by atoms with Crippen molar-refractivity contribution in [3.63, 3.8) is 0 Å². The van der Waals surface area contributed by atoms with E-state index in [9.17, 15) is 0 Å². The van der Waals surface area contributed by atoms with E-state index in [1.165, 1.54) is 34.0 Å². The van der Waals surface area contributed by atoms with Gasteiger partial charge in [-0.15, -0.1) is 0 Å². The number of hydrogen-bond acceptors (Lipinski definition) is 18. The maximum Gasteiger partial charge on any atom is 0.235 e. The van der Waals surface area contributed by atoms with Crippen molar-refractivity contribution >= 4 is 97.9 Å². The SMILES string of the molecule is COc1cc2nc(Nc3nc(Nc4nc5cc(OC)c(OC)cc5s4)nc(Nc4nc5cc(OC)c(OC)cc5s4)n3)sc2cc1OC. The van der Waals surface area contributed by atoms with E-state index in [0.29, 0.717) is 49.9 Å². The van der Waals surface area contributed by atoms with Crippen molar-refractivity contribution in [1.29, 1.82) is 0 Å². The molecule has 15 nitrogen and oxygen atoms in total. The van der Waals surface area contributed by atoms with Crippen LogP contribution in [0, 0.1) is 0 Å². The van der Waals surface area contributed by atoms with E-state index in [4.69, 9.17) is 43.4 Å². The molecule has 4 aromatic heterocycles. The average Bonchev–Trinajstić information content (AvgIpc) is 3.80. The highest BCUT2D eigenvalue weighted by atomic mass is 32.1. The fourth-order valence-corrected chi connectivity index (χ4v) is 7.37. The van der Waals surface area contributed by atoms with Crippen molar-refractivity contribution in [3.05, 3.63) is 36.4 Å². The minimum atomic E-state index is 0.238. The van der Waals surface area contributed by atoms with Gasteiger partial charge in [0.25, 0.3) is 0 Å². The molecule has 7 rings (SSSR count). The molecular formula is C30H27N9O6S3. The van der Waals surface area contributed by atoms with E-state index in [0.717, 1.165) is 30.6 Å². The normalized spacial score (nSPS) is 11.1. The number of aromatic nitrogens is 6. The Morgan fingerprint density at radius 2 is 0.625 bits per heavy atom. The monoisotopic (exact) mass is 705 g/mol. The number of methoxy groups -OCH3 is 6. The van der Waals surface area contributed by atoms with Crippen molar-refractivity contribution in [2.45, 2.75) is 0 Å². The summed E-state index contributed by atoms with van der Waals surface area (Å²) in [6.45, 7) is 0. The molecule has 0 amide bonds. The summed E-state index contributed by atoms with van der Waals surface area (Å²) in [5, 5.41) is 11.3. The fourth-order valence-electron chi connectivity index (χ4n) is 4.76. The standard InChI is InChI=1S/C30H27N9O6S3/c1-40-16-7-13-22(10-19(16)43-4)46-28(31-13)37-25-34-26(38-29-32-14-8-17(41-2)20(44-5)11-23(14)47-29)36-27(35-25)39-30-33-15-9-18(42-3)21(45-6)12-24(15)48-30/h7-12H,1-6H3,(H3,31,32,33,34,35,36,37,38,39). The van der Waals surface area contributed by atoms with Crippen LogP contribution in [0.25, 0.3) is 30.6 Å². The number of anilines is 6. The molecule has 48 heavy (non-hydrogen) atoms. The van der Waals surface area contributed by atoms with Gasteiger partial charge in [0.2, 0.25) is 17.8 Å². The van der Waals surface area contributed by atoms with Gasteiger partial charge in [0.05, 0.1) is 73.3 Å². The summed E-state index contributed by atoms with van der Waals surface area (Å²) < 4.78 is 35.4. The lowest BCUT2D eigenvalue weighted by molar-refractivity contribution is 0.356. The Kier molecular flexibility index (Phi) is 8.42. The van der Waals surface area contributed by atoms with Crippen molar-refractivity contribution < 1.29 is 28.4 Å². The van der Waals surface area contributed by atoms with E-state index in [1.54, 1.807) is 42.7 Å². The molecule has 18 heteroatoms. The quantitative estimate of drug-likeness (QED) is 0.119. The number of nitrogens with zero attached hydrogens (tertiary/aromatic N) is 6. The Hall–Kier alpha value is -5.46. The molecule has 0 aliphatic carbocycles. The predicted molar refractivity (Wildman–Crippen MR) is 188 cm³/mol. The van der Waals surface area contributed by atoms with E-state index < -0.39 is 0 Å². The Morgan fingerprint density at radius 3 is 0.875 bits per heavy atom. The number of ether oxygens (including phenoxy) is 6. The van der Waals surface area contributed by atoms with Crippen LogP contribution in [0.2, 0.25) is 0 Å². The minimum absolute atomic E-state index is 0.238. The molecule has 0 unspecified atom stereocenters. The van der Waals surface area contributed by atoms with Crippen LogP contribution in [0.5, 0.6) is 34.5 Å². The van der Waals surface area contributed by atoms with E-state index >= 15 is 0 Å². The summed E-state index contributed by atoms with van der Waals surface area (Å²) in [6.07, 6.45) is 0. The number of thiazole rings is 3. The lowest BCUT2D eigenvalue weighted by Gasteiger charge is -2.08. The molecule has 0 radical (unpaired) electrons. The maximum absolute atomic E-state index is 5.46. The molecule has 0 spiro atoms. The highest BCUT2D eigenvalue weighted by molar-refractivity contribution is 7.23. The van der Waals surface area contributed by atoms with Gasteiger partial charge in [0.1, 0.15) is 0 Å². The molecule has 0 saturated carbocycles. The number of nitrogens with one attached hydrogen (secondary N) is 3. The summed E-state index contributed by atoms with van der Waals surface area (Å²) >= 11 is 4.24. The van der Waals surface area contributed by atoms with Crippen LogP contribution in [0.15, 0.2) is 36.4 Å². The molecule has 7 aromatic rings. The second-order valence-corrected chi connectivity index (χ2v) is 12.9. The number of fused-ring (bicyclic) bond motifs is 3. The van der Waals surface area contributed by atoms with Gasteiger partial charge in [0, 0.05) is 36.4 Å². The lowest BCUT2D eigenvalue weighted by Crippen LogP contribution is -2.07. The largest absolute Gasteiger partial charge is 0.493 e. The second kappa shape index (κ2) is 13.0. The number of hydrogen-bond donors (Lipinski definition) is 3. The molecule has 246 valence electrons. The summed E-state index contributed by atoms with van der Waals surface area (Å²) in [5.41, 5.74) is 2.18. The smallest absolute Gasteiger partial charge is 0.235 e. The summed E-state index contributed by atoms with van der Waals surface area (Å²) in [5.74, 6) is 4.28. The molecule has 0 atom stereocenters. The van der Waals surface area contributed by atoms with Gasteiger partial charge < -0.3 is 28.4 Å². The van der Waals surface area contributed by atoms with Crippen LogP contribution < -0.4 is 44.4 Å². The van der Waals surface area contributed by atoms with Gasteiger partial charge >= 0.3 is 0 Å². The summed E-state index contributed by atoms with van der Waals surface area (Å²) in [4.78, 5) is 28.0. The molecule has 3 aromatic carbocycles. The topological polar surface area (TPSA) is 169 Å². The van der Waals surface area contributed by atoms with Gasteiger partial charge in [-0.3, -0.25) is 16.0 Å². The van der Waals surface area contributed by atoms with Crippen LogP contribution in [0.4, 0.5) is 33.2 Å². The first kappa shape index (κ1) is 31.2.